The van der Waals surface area contributed by atoms with E-state index in [1.165, 1.54) is 5.56 Å². The van der Waals surface area contributed by atoms with E-state index in [0.717, 1.165) is 32.7 Å². The van der Waals surface area contributed by atoms with Crippen LogP contribution in [0.4, 0.5) is 4.79 Å². The third-order valence-corrected chi connectivity index (χ3v) is 4.12. The van der Waals surface area contributed by atoms with Gasteiger partial charge in [0.05, 0.1) is 0 Å². The highest BCUT2D eigenvalue weighted by molar-refractivity contribution is 5.72. The molecule has 4 heteroatoms. The van der Waals surface area contributed by atoms with Gasteiger partial charge in [0, 0.05) is 32.7 Å². The van der Waals surface area contributed by atoms with Crippen LogP contribution in [-0.2, 0) is 6.54 Å². The Hall–Kier alpha value is -1.55. The zero-order valence-electron chi connectivity index (χ0n) is 10.5. The zero-order chi connectivity index (χ0) is 12.5. The minimum atomic E-state index is -0.265. The maximum Gasteiger partial charge on any atom is 0.314 e. The molecule has 2 atom stereocenters. The molecule has 2 saturated heterocycles. The smallest absolute Gasteiger partial charge is 0.314 e. The first kappa shape index (κ1) is 11.5. The van der Waals surface area contributed by atoms with E-state index < -0.39 is 0 Å². The molecule has 2 heterocycles. The van der Waals surface area contributed by atoms with Crippen molar-refractivity contribution in [2.75, 3.05) is 26.2 Å². The van der Waals surface area contributed by atoms with E-state index in [1.807, 2.05) is 6.07 Å². The lowest BCUT2D eigenvalue weighted by atomic mass is 10.0. The van der Waals surface area contributed by atoms with Crippen molar-refractivity contribution in [3.63, 3.8) is 0 Å². The summed E-state index contributed by atoms with van der Waals surface area (Å²) >= 11 is 0. The standard InChI is InChI=1S/C14H19N3O/c15-14(18)17-9-12-7-16(8-13(12)10-17)6-11-4-2-1-3-5-11/h1-5,12-13H,6-10H2,(H2,15,18)/t12-,13+. The van der Waals surface area contributed by atoms with Gasteiger partial charge in [0.2, 0.25) is 0 Å². The number of nitrogens with two attached hydrogens (primary N) is 1. The maximum atomic E-state index is 11.1. The first-order valence-electron chi connectivity index (χ1n) is 6.53. The van der Waals surface area contributed by atoms with E-state index in [2.05, 4.69) is 29.2 Å². The monoisotopic (exact) mass is 245 g/mol. The number of likely N-dealkylation sites (tertiary alicyclic amines) is 2. The van der Waals surface area contributed by atoms with Crippen LogP contribution in [0.15, 0.2) is 30.3 Å². The van der Waals surface area contributed by atoms with Gasteiger partial charge in [0.1, 0.15) is 0 Å². The Labute approximate surface area is 107 Å². The van der Waals surface area contributed by atoms with Crippen LogP contribution in [0.25, 0.3) is 0 Å². The SMILES string of the molecule is NC(=O)N1C[C@H]2CN(Cc3ccccc3)C[C@H]2C1. The predicted octanol–water partition coefficient (Wildman–Crippen LogP) is 1.13. The molecule has 3 rings (SSSR count). The molecule has 0 saturated carbocycles. The summed E-state index contributed by atoms with van der Waals surface area (Å²) in [6.45, 7) is 4.87. The summed E-state index contributed by atoms with van der Waals surface area (Å²) in [4.78, 5) is 15.4. The Kier molecular flexibility index (Phi) is 2.96. The van der Waals surface area contributed by atoms with Crippen molar-refractivity contribution in [2.45, 2.75) is 6.54 Å². The molecule has 1 aromatic carbocycles. The van der Waals surface area contributed by atoms with Crippen molar-refractivity contribution in [3.8, 4) is 0 Å². The molecule has 2 amide bonds. The van der Waals surface area contributed by atoms with E-state index in [0.29, 0.717) is 11.8 Å². The second-order valence-corrected chi connectivity index (χ2v) is 5.44. The number of hydrogen-bond acceptors (Lipinski definition) is 2. The van der Waals surface area contributed by atoms with Gasteiger partial charge in [-0.3, -0.25) is 4.90 Å². The Morgan fingerprint density at radius 3 is 2.28 bits per heavy atom. The quantitative estimate of drug-likeness (QED) is 0.849. The number of primary amides is 1. The van der Waals surface area contributed by atoms with Crippen molar-refractivity contribution >= 4 is 6.03 Å². The normalized spacial score (nSPS) is 27.4. The van der Waals surface area contributed by atoms with Crippen molar-refractivity contribution in [1.29, 1.82) is 0 Å². The third-order valence-electron chi connectivity index (χ3n) is 4.12. The lowest BCUT2D eigenvalue weighted by Crippen LogP contribution is -2.36. The van der Waals surface area contributed by atoms with Gasteiger partial charge in [-0.1, -0.05) is 30.3 Å². The summed E-state index contributed by atoms with van der Waals surface area (Å²) in [6, 6.07) is 10.3. The predicted molar refractivity (Wildman–Crippen MR) is 69.9 cm³/mol. The molecule has 0 bridgehead atoms. The Morgan fingerprint density at radius 1 is 1.11 bits per heavy atom. The van der Waals surface area contributed by atoms with E-state index in [4.69, 9.17) is 5.73 Å². The lowest BCUT2D eigenvalue weighted by Gasteiger charge is -2.20. The summed E-state index contributed by atoms with van der Waals surface area (Å²) in [5.41, 5.74) is 6.70. The topological polar surface area (TPSA) is 49.6 Å². The lowest BCUT2D eigenvalue weighted by molar-refractivity contribution is 0.208. The highest BCUT2D eigenvalue weighted by Crippen LogP contribution is 2.31. The fourth-order valence-electron chi connectivity index (χ4n) is 3.24. The second-order valence-electron chi connectivity index (χ2n) is 5.44. The number of nitrogens with zero attached hydrogens (tertiary/aromatic N) is 2. The van der Waals surface area contributed by atoms with Crippen molar-refractivity contribution < 1.29 is 4.79 Å². The molecule has 2 N–H and O–H groups in total. The third kappa shape index (κ3) is 2.20. The Morgan fingerprint density at radius 2 is 1.72 bits per heavy atom. The molecule has 0 aliphatic carbocycles. The van der Waals surface area contributed by atoms with Gasteiger partial charge in [-0.05, 0) is 17.4 Å². The number of carbonyl (C=O) groups excluding carboxylic acids is 1. The fraction of sp³-hybridized carbons (Fsp3) is 0.500. The van der Waals surface area contributed by atoms with Gasteiger partial charge in [0.25, 0.3) is 0 Å². The highest BCUT2D eigenvalue weighted by Gasteiger charge is 2.40. The molecule has 0 aromatic heterocycles. The van der Waals surface area contributed by atoms with Crippen LogP contribution < -0.4 is 5.73 Å². The van der Waals surface area contributed by atoms with E-state index in [-0.39, 0.29) is 6.03 Å². The minimum Gasteiger partial charge on any atom is -0.351 e. The summed E-state index contributed by atoms with van der Waals surface area (Å²) < 4.78 is 0. The molecule has 2 aliphatic rings. The van der Waals surface area contributed by atoms with Crippen LogP contribution in [0, 0.1) is 11.8 Å². The van der Waals surface area contributed by atoms with Crippen LogP contribution >= 0.6 is 0 Å². The molecule has 96 valence electrons. The Bertz CT molecular complexity index is 420. The first-order valence-corrected chi connectivity index (χ1v) is 6.53. The zero-order valence-corrected chi connectivity index (χ0v) is 10.5. The van der Waals surface area contributed by atoms with Crippen LogP contribution in [0.1, 0.15) is 5.56 Å². The highest BCUT2D eigenvalue weighted by atomic mass is 16.2. The number of carbonyl (C=O) groups is 1. The van der Waals surface area contributed by atoms with E-state index in [1.54, 1.807) is 4.90 Å². The Balaban J connectivity index is 1.57. The summed E-state index contributed by atoms with van der Waals surface area (Å²) in [5, 5.41) is 0. The fourth-order valence-corrected chi connectivity index (χ4v) is 3.24. The molecule has 0 unspecified atom stereocenters. The van der Waals surface area contributed by atoms with Gasteiger partial charge in [-0.15, -0.1) is 0 Å². The number of urea groups is 1. The second kappa shape index (κ2) is 4.61. The molecule has 1 aromatic rings. The molecule has 2 fully saturated rings. The summed E-state index contributed by atoms with van der Waals surface area (Å²) in [6.07, 6.45) is 0. The van der Waals surface area contributed by atoms with Crippen molar-refractivity contribution in [3.05, 3.63) is 35.9 Å². The molecule has 0 spiro atoms. The molecule has 0 radical (unpaired) electrons. The van der Waals surface area contributed by atoms with Crippen molar-refractivity contribution in [1.82, 2.24) is 9.80 Å². The van der Waals surface area contributed by atoms with E-state index in [9.17, 15) is 4.79 Å². The summed E-state index contributed by atoms with van der Waals surface area (Å²) in [7, 11) is 0. The van der Waals surface area contributed by atoms with Crippen molar-refractivity contribution in [2.24, 2.45) is 17.6 Å². The van der Waals surface area contributed by atoms with Crippen LogP contribution in [0.3, 0.4) is 0 Å². The van der Waals surface area contributed by atoms with Gasteiger partial charge in [-0.25, -0.2) is 4.79 Å². The number of rotatable bonds is 2. The van der Waals surface area contributed by atoms with Gasteiger partial charge < -0.3 is 10.6 Å². The number of hydrogen-bond donors (Lipinski definition) is 1. The number of amides is 2. The van der Waals surface area contributed by atoms with Crippen LogP contribution in [0.5, 0.6) is 0 Å². The molecular formula is C14H19N3O. The average molecular weight is 245 g/mol. The molecule has 4 nitrogen and oxygen atoms in total. The minimum absolute atomic E-state index is 0.265. The number of fused-ring (bicyclic) bond motifs is 1. The number of benzene rings is 1. The van der Waals surface area contributed by atoms with Crippen LogP contribution in [-0.4, -0.2) is 42.0 Å². The first-order chi connectivity index (χ1) is 8.72. The molecule has 18 heavy (non-hydrogen) atoms. The molecular weight excluding hydrogens is 226 g/mol. The van der Waals surface area contributed by atoms with E-state index >= 15 is 0 Å². The average Bonchev–Trinajstić information content (AvgIpc) is 2.88. The van der Waals surface area contributed by atoms with Crippen LogP contribution in [0.2, 0.25) is 0 Å². The maximum absolute atomic E-state index is 11.1. The van der Waals surface area contributed by atoms with Gasteiger partial charge in [-0.2, -0.15) is 0 Å². The molecule has 2 aliphatic heterocycles. The largest absolute Gasteiger partial charge is 0.351 e. The van der Waals surface area contributed by atoms with Gasteiger partial charge >= 0.3 is 6.03 Å². The van der Waals surface area contributed by atoms with Gasteiger partial charge in [0.15, 0.2) is 0 Å². The summed E-state index contributed by atoms with van der Waals surface area (Å²) in [5.74, 6) is 1.22.